The summed E-state index contributed by atoms with van der Waals surface area (Å²) in [4.78, 5) is 31.1. The fraction of sp³-hybridized carbons (Fsp3) is 0.226. The molecule has 0 spiro atoms. The third-order valence-electron chi connectivity index (χ3n) is 6.98. The standard InChI is InChI=1S/C31H31ClN4O2/c1-4-22-11-5-6-14-25(22)33-31(38)35(21(2)3)20-29(37)36-27-16-8-7-15-26(27)34-18-10-17-28(34)30(36)23-12-9-13-24(32)19-23/h5-19,21,30H,4,20H2,1-3H3,(H,33,38). The normalized spacial score (nSPS) is 14.1. The minimum absolute atomic E-state index is 0.0795. The second-order valence-electron chi connectivity index (χ2n) is 9.68. The van der Waals surface area contributed by atoms with E-state index in [1.54, 1.807) is 9.80 Å². The number of carbonyl (C=O) groups excluding carboxylic acids is 2. The van der Waals surface area contributed by atoms with E-state index in [0.29, 0.717) is 5.02 Å². The fourth-order valence-electron chi connectivity index (χ4n) is 5.10. The maximum absolute atomic E-state index is 14.2. The van der Waals surface area contributed by atoms with Crippen molar-refractivity contribution >= 4 is 34.9 Å². The quantitative estimate of drug-likeness (QED) is 0.292. The average molecular weight is 527 g/mol. The Balaban J connectivity index is 1.52. The number of nitrogens with one attached hydrogen (secondary N) is 1. The number of urea groups is 1. The Labute approximate surface area is 228 Å². The van der Waals surface area contributed by atoms with Gasteiger partial charge in [0, 0.05) is 22.9 Å². The van der Waals surface area contributed by atoms with Gasteiger partial charge in [-0.25, -0.2) is 4.79 Å². The minimum atomic E-state index is -0.399. The number of amides is 3. The van der Waals surface area contributed by atoms with Crippen LogP contribution in [0.4, 0.5) is 16.2 Å². The van der Waals surface area contributed by atoms with E-state index in [1.807, 2.05) is 112 Å². The number of hydrogen-bond donors (Lipinski definition) is 1. The third-order valence-corrected chi connectivity index (χ3v) is 7.22. The smallest absolute Gasteiger partial charge is 0.316 e. The van der Waals surface area contributed by atoms with Gasteiger partial charge in [-0.2, -0.15) is 0 Å². The van der Waals surface area contributed by atoms with Crippen molar-refractivity contribution in [2.24, 2.45) is 0 Å². The van der Waals surface area contributed by atoms with E-state index in [9.17, 15) is 9.59 Å². The lowest BCUT2D eigenvalue weighted by Crippen LogP contribution is -2.49. The highest BCUT2D eigenvalue weighted by atomic mass is 35.5. The number of halogens is 1. The van der Waals surface area contributed by atoms with Crippen molar-refractivity contribution in [1.29, 1.82) is 0 Å². The maximum Gasteiger partial charge on any atom is 0.322 e. The van der Waals surface area contributed by atoms with E-state index >= 15 is 0 Å². The predicted octanol–water partition coefficient (Wildman–Crippen LogP) is 7.07. The Hall–Kier alpha value is -4.03. The Kier molecular flexibility index (Phi) is 7.25. The molecule has 1 atom stereocenters. The van der Waals surface area contributed by atoms with Crippen molar-refractivity contribution in [1.82, 2.24) is 9.47 Å². The zero-order chi connectivity index (χ0) is 26.8. The van der Waals surface area contributed by atoms with Crippen molar-refractivity contribution in [3.05, 3.63) is 113 Å². The molecule has 194 valence electrons. The molecule has 2 heterocycles. The predicted molar refractivity (Wildman–Crippen MR) is 153 cm³/mol. The van der Waals surface area contributed by atoms with Gasteiger partial charge in [0.15, 0.2) is 0 Å². The van der Waals surface area contributed by atoms with Crippen LogP contribution in [0.25, 0.3) is 5.69 Å². The number of carbonyl (C=O) groups is 2. The lowest BCUT2D eigenvalue weighted by Gasteiger charge is -2.40. The summed E-state index contributed by atoms with van der Waals surface area (Å²) in [5.41, 5.74) is 5.36. The maximum atomic E-state index is 14.2. The summed E-state index contributed by atoms with van der Waals surface area (Å²) in [6.45, 7) is 5.81. The zero-order valence-corrected chi connectivity index (χ0v) is 22.5. The van der Waals surface area contributed by atoms with Gasteiger partial charge in [-0.15, -0.1) is 0 Å². The summed E-state index contributed by atoms with van der Waals surface area (Å²) in [5.74, 6) is -0.178. The van der Waals surface area contributed by atoms with Crippen LogP contribution >= 0.6 is 11.6 Å². The van der Waals surface area contributed by atoms with Gasteiger partial charge in [0.25, 0.3) is 0 Å². The van der Waals surface area contributed by atoms with Gasteiger partial charge in [-0.3, -0.25) is 9.69 Å². The lowest BCUT2D eigenvalue weighted by molar-refractivity contribution is -0.119. The van der Waals surface area contributed by atoms with Crippen molar-refractivity contribution in [3.63, 3.8) is 0 Å². The van der Waals surface area contributed by atoms with Crippen LogP contribution in [0.15, 0.2) is 91.1 Å². The van der Waals surface area contributed by atoms with E-state index in [0.717, 1.165) is 40.3 Å². The molecule has 38 heavy (non-hydrogen) atoms. The number of nitrogens with zero attached hydrogens (tertiary/aromatic N) is 3. The van der Waals surface area contributed by atoms with E-state index in [-0.39, 0.29) is 24.5 Å². The van der Waals surface area contributed by atoms with Gasteiger partial charge in [0.05, 0.1) is 17.1 Å². The first-order chi connectivity index (χ1) is 18.4. The topological polar surface area (TPSA) is 57.6 Å². The number of rotatable bonds is 6. The Morgan fingerprint density at radius 3 is 2.42 bits per heavy atom. The van der Waals surface area contributed by atoms with E-state index < -0.39 is 6.04 Å². The van der Waals surface area contributed by atoms with Gasteiger partial charge in [-0.1, -0.05) is 61.0 Å². The summed E-state index contributed by atoms with van der Waals surface area (Å²) in [7, 11) is 0. The first-order valence-corrected chi connectivity index (χ1v) is 13.3. The van der Waals surface area contributed by atoms with Crippen molar-refractivity contribution in [2.45, 2.75) is 39.3 Å². The van der Waals surface area contributed by atoms with Gasteiger partial charge in [0.2, 0.25) is 5.91 Å². The van der Waals surface area contributed by atoms with Crippen molar-refractivity contribution in [3.8, 4) is 5.69 Å². The number of para-hydroxylation sites is 3. The largest absolute Gasteiger partial charge is 0.322 e. The lowest BCUT2D eigenvalue weighted by atomic mass is 9.97. The molecule has 0 saturated heterocycles. The molecule has 6 nitrogen and oxygen atoms in total. The Morgan fingerprint density at radius 2 is 1.68 bits per heavy atom. The molecular formula is C31H31ClN4O2. The molecule has 7 heteroatoms. The van der Waals surface area contributed by atoms with Crippen LogP contribution in [-0.4, -0.2) is 34.0 Å². The van der Waals surface area contributed by atoms with Crippen LogP contribution in [0.2, 0.25) is 5.02 Å². The van der Waals surface area contributed by atoms with Crippen LogP contribution in [0.5, 0.6) is 0 Å². The molecule has 1 unspecified atom stereocenters. The number of aromatic nitrogens is 1. The van der Waals surface area contributed by atoms with Crippen molar-refractivity contribution < 1.29 is 9.59 Å². The summed E-state index contributed by atoms with van der Waals surface area (Å²) in [5, 5.41) is 3.63. The van der Waals surface area contributed by atoms with Crippen molar-refractivity contribution in [2.75, 3.05) is 16.8 Å². The average Bonchev–Trinajstić information content (AvgIpc) is 3.41. The molecule has 1 aliphatic heterocycles. The molecule has 5 rings (SSSR count). The van der Waals surface area contributed by atoms with Gasteiger partial charge in [0.1, 0.15) is 12.6 Å². The molecule has 1 aromatic heterocycles. The highest BCUT2D eigenvalue weighted by Crippen LogP contribution is 2.42. The number of benzene rings is 3. The molecule has 1 N–H and O–H groups in total. The Morgan fingerprint density at radius 1 is 0.947 bits per heavy atom. The molecule has 1 aliphatic rings. The number of aryl methyl sites for hydroxylation is 1. The first-order valence-electron chi connectivity index (χ1n) is 12.9. The zero-order valence-electron chi connectivity index (χ0n) is 21.8. The Bertz CT molecular complexity index is 1480. The summed E-state index contributed by atoms with van der Waals surface area (Å²) in [6, 6.07) is 26.3. The van der Waals surface area contributed by atoms with Gasteiger partial charge < -0.3 is 14.8 Å². The third kappa shape index (κ3) is 4.79. The molecule has 3 amide bonds. The number of fused-ring (bicyclic) bond motifs is 3. The van der Waals surface area contributed by atoms with Crippen LogP contribution in [0.1, 0.15) is 43.6 Å². The fourth-order valence-corrected chi connectivity index (χ4v) is 5.30. The second kappa shape index (κ2) is 10.8. The molecule has 0 radical (unpaired) electrons. The van der Waals surface area contributed by atoms with Gasteiger partial charge >= 0.3 is 6.03 Å². The molecule has 0 aliphatic carbocycles. The highest BCUT2D eigenvalue weighted by Gasteiger charge is 2.37. The molecule has 0 saturated carbocycles. The second-order valence-corrected chi connectivity index (χ2v) is 10.1. The SMILES string of the molecule is CCc1ccccc1NC(=O)N(CC(=O)N1c2ccccc2-n2cccc2C1c1cccc(Cl)c1)C(C)C. The van der Waals surface area contributed by atoms with E-state index in [4.69, 9.17) is 11.6 Å². The van der Waals surface area contributed by atoms with Crippen LogP contribution in [0.3, 0.4) is 0 Å². The van der Waals surface area contributed by atoms with E-state index in [2.05, 4.69) is 9.88 Å². The van der Waals surface area contributed by atoms with Crippen LogP contribution in [0, 0.1) is 0 Å². The number of hydrogen-bond acceptors (Lipinski definition) is 2. The summed E-state index contributed by atoms with van der Waals surface area (Å²) < 4.78 is 2.11. The van der Waals surface area contributed by atoms with Crippen LogP contribution < -0.4 is 10.2 Å². The minimum Gasteiger partial charge on any atom is -0.316 e. The molecule has 0 bridgehead atoms. The van der Waals surface area contributed by atoms with Gasteiger partial charge in [-0.05, 0) is 73.9 Å². The van der Waals surface area contributed by atoms with E-state index in [1.165, 1.54) is 0 Å². The highest BCUT2D eigenvalue weighted by molar-refractivity contribution is 6.30. The van der Waals surface area contributed by atoms with Crippen LogP contribution in [-0.2, 0) is 11.2 Å². The number of anilines is 2. The molecule has 4 aromatic rings. The molecular weight excluding hydrogens is 496 g/mol. The molecule has 3 aromatic carbocycles. The monoisotopic (exact) mass is 526 g/mol. The molecule has 0 fully saturated rings. The summed E-state index contributed by atoms with van der Waals surface area (Å²) >= 11 is 6.39. The first kappa shape index (κ1) is 25.6. The summed E-state index contributed by atoms with van der Waals surface area (Å²) in [6.07, 6.45) is 2.80.